The van der Waals surface area contributed by atoms with Crippen molar-refractivity contribution in [2.24, 2.45) is 10.6 Å². The van der Waals surface area contributed by atoms with Gasteiger partial charge in [0.15, 0.2) is 17.2 Å². The molecule has 0 N–H and O–H groups in total. The van der Waals surface area contributed by atoms with Gasteiger partial charge in [-0.1, -0.05) is 11.2 Å². The monoisotopic (exact) mass is 513 g/mol. The van der Waals surface area contributed by atoms with Crippen LogP contribution in [0.3, 0.4) is 0 Å². The molecule has 2 saturated heterocycles. The molecular weight excluding hydrogens is 473 g/mol. The molecule has 0 atom stereocenters. The summed E-state index contributed by atoms with van der Waals surface area (Å²) in [5.74, 6) is 2.13. The Bertz CT molecular complexity index is 1080. The van der Waals surface area contributed by atoms with E-state index in [1.807, 2.05) is 20.8 Å². The summed E-state index contributed by atoms with van der Waals surface area (Å²) in [5.41, 5.74) is 2.42. The van der Waals surface area contributed by atoms with E-state index < -0.39 is 5.41 Å². The second-order valence-electron chi connectivity index (χ2n) is 12.0. The maximum Gasteiger partial charge on any atom is 0.311 e. The summed E-state index contributed by atoms with van der Waals surface area (Å²) in [4.78, 5) is 22.9. The van der Waals surface area contributed by atoms with Crippen LogP contribution in [0.2, 0.25) is 0 Å². The third-order valence-corrected chi connectivity index (χ3v) is 8.90. The summed E-state index contributed by atoms with van der Waals surface area (Å²) in [6.45, 7) is 10.4. The second kappa shape index (κ2) is 9.44. The first-order valence-corrected chi connectivity index (χ1v) is 14.2. The van der Waals surface area contributed by atoms with Crippen LogP contribution in [0.1, 0.15) is 94.2 Å². The topological polar surface area (TPSA) is 63.6 Å². The molecule has 2 aliphatic carbocycles. The van der Waals surface area contributed by atoms with E-state index in [0.717, 1.165) is 75.2 Å². The third-order valence-electron chi connectivity index (χ3n) is 8.90. The lowest BCUT2D eigenvalue weighted by atomic mass is 9.80. The van der Waals surface area contributed by atoms with Crippen molar-refractivity contribution in [3.63, 3.8) is 0 Å². The fourth-order valence-corrected chi connectivity index (χ4v) is 6.39. The van der Waals surface area contributed by atoms with Crippen molar-refractivity contribution in [1.82, 2.24) is 9.80 Å². The van der Waals surface area contributed by atoms with Gasteiger partial charge in [0.2, 0.25) is 0 Å². The number of likely N-dealkylation sites (tertiary alicyclic amines) is 2. The SMILES string of the molecule is CCOC(=O)C1(C)CCN(C2=NOC3(C2)CN(Cc2cc(C4CC4)c(C4CC4)c(F)c2OCC)C3)CC1. The number of carbonyl (C=O) groups is 1. The first-order chi connectivity index (χ1) is 17.8. The van der Waals surface area contributed by atoms with Gasteiger partial charge >= 0.3 is 5.97 Å². The van der Waals surface area contributed by atoms with Crippen molar-refractivity contribution in [1.29, 1.82) is 0 Å². The van der Waals surface area contributed by atoms with Crippen molar-refractivity contribution in [2.45, 2.75) is 89.7 Å². The summed E-state index contributed by atoms with van der Waals surface area (Å²) in [6.07, 6.45) is 6.82. The van der Waals surface area contributed by atoms with Crippen LogP contribution in [0.25, 0.3) is 0 Å². The van der Waals surface area contributed by atoms with Crippen molar-refractivity contribution in [3.8, 4) is 5.75 Å². The van der Waals surface area contributed by atoms with Crippen molar-refractivity contribution in [3.05, 3.63) is 28.6 Å². The van der Waals surface area contributed by atoms with E-state index in [4.69, 9.17) is 14.3 Å². The molecule has 0 aromatic heterocycles. The fourth-order valence-electron chi connectivity index (χ4n) is 6.39. The Balaban J connectivity index is 1.08. The molecule has 4 fully saturated rings. The molecule has 5 aliphatic rings. The molecule has 3 aliphatic heterocycles. The Morgan fingerprint density at radius 1 is 1.14 bits per heavy atom. The van der Waals surface area contributed by atoms with Gasteiger partial charge in [0.1, 0.15) is 5.84 Å². The van der Waals surface area contributed by atoms with E-state index in [0.29, 0.717) is 37.3 Å². The molecule has 0 amide bonds. The standard InChI is InChI=1S/C29H40FN3O4/c1-4-35-26-21(14-22(19-6-7-19)24(25(26)30)20-8-9-20)16-32-17-29(18-32)15-23(31-37-29)33-12-10-28(3,11-13-33)27(34)36-5-2/h14,19-20H,4-13,15-18H2,1-3H3. The molecule has 0 radical (unpaired) electrons. The number of ether oxygens (including phenoxy) is 2. The van der Waals surface area contributed by atoms with Gasteiger partial charge in [0.05, 0.1) is 25.0 Å². The molecule has 8 heteroatoms. The summed E-state index contributed by atoms with van der Waals surface area (Å²) in [5, 5.41) is 4.46. The summed E-state index contributed by atoms with van der Waals surface area (Å²) in [6, 6.07) is 2.25. The van der Waals surface area contributed by atoms with E-state index in [-0.39, 0.29) is 17.4 Å². The fraction of sp³-hybridized carbons (Fsp3) is 0.724. The zero-order valence-corrected chi connectivity index (χ0v) is 22.5. The van der Waals surface area contributed by atoms with E-state index in [2.05, 4.69) is 21.0 Å². The number of oxime groups is 1. The molecule has 202 valence electrons. The Labute approximate surface area is 219 Å². The first-order valence-electron chi connectivity index (χ1n) is 14.2. The first kappa shape index (κ1) is 25.0. The van der Waals surface area contributed by atoms with Crippen LogP contribution in [0.15, 0.2) is 11.2 Å². The lowest BCUT2D eigenvalue weighted by molar-refractivity contribution is -0.156. The molecule has 1 aromatic carbocycles. The molecule has 0 unspecified atom stereocenters. The van der Waals surface area contributed by atoms with Gasteiger partial charge in [-0.25, -0.2) is 4.39 Å². The van der Waals surface area contributed by atoms with Crippen LogP contribution in [0.4, 0.5) is 4.39 Å². The van der Waals surface area contributed by atoms with Crippen LogP contribution >= 0.6 is 0 Å². The van der Waals surface area contributed by atoms with Crippen LogP contribution in [0.5, 0.6) is 5.75 Å². The van der Waals surface area contributed by atoms with E-state index in [1.165, 1.54) is 18.4 Å². The number of nitrogens with zero attached hydrogens (tertiary/aromatic N) is 3. The maximum atomic E-state index is 15.7. The highest BCUT2D eigenvalue weighted by Crippen LogP contribution is 2.52. The van der Waals surface area contributed by atoms with Gasteiger partial charge in [0, 0.05) is 38.3 Å². The quantitative estimate of drug-likeness (QED) is 0.459. The normalized spacial score (nSPS) is 24.4. The van der Waals surface area contributed by atoms with E-state index in [9.17, 15) is 4.79 Å². The van der Waals surface area contributed by atoms with Gasteiger partial charge in [-0.2, -0.15) is 0 Å². The van der Waals surface area contributed by atoms with Crippen LogP contribution in [-0.2, 0) is 20.9 Å². The predicted molar refractivity (Wildman–Crippen MR) is 138 cm³/mol. The number of carbonyl (C=O) groups excluding carboxylic acids is 1. The zero-order valence-electron chi connectivity index (χ0n) is 22.5. The third kappa shape index (κ3) is 4.70. The summed E-state index contributed by atoms with van der Waals surface area (Å²) < 4.78 is 26.9. The van der Waals surface area contributed by atoms with E-state index >= 15 is 4.39 Å². The van der Waals surface area contributed by atoms with Crippen molar-refractivity contribution >= 4 is 11.8 Å². The number of amidine groups is 1. The van der Waals surface area contributed by atoms with Gasteiger partial charge in [-0.15, -0.1) is 0 Å². The van der Waals surface area contributed by atoms with Crippen molar-refractivity contribution in [2.75, 3.05) is 39.4 Å². The van der Waals surface area contributed by atoms with Crippen LogP contribution < -0.4 is 4.74 Å². The number of benzene rings is 1. The largest absolute Gasteiger partial charge is 0.490 e. The average Bonchev–Trinajstić information content (AvgIpc) is 3.79. The van der Waals surface area contributed by atoms with Crippen LogP contribution in [0, 0.1) is 11.2 Å². The molecule has 1 aromatic rings. The predicted octanol–water partition coefficient (Wildman–Crippen LogP) is 4.93. The van der Waals surface area contributed by atoms with Gasteiger partial charge < -0.3 is 19.2 Å². The Morgan fingerprint density at radius 3 is 2.46 bits per heavy atom. The number of rotatable bonds is 8. The molecule has 1 spiro atoms. The summed E-state index contributed by atoms with van der Waals surface area (Å²) >= 11 is 0. The average molecular weight is 514 g/mol. The second-order valence-corrected chi connectivity index (χ2v) is 12.0. The summed E-state index contributed by atoms with van der Waals surface area (Å²) in [7, 11) is 0. The Morgan fingerprint density at radius 2 is 1.84 bits per heavy atom. The van der Waals surface area contributed by atoms with E-state index in [1.54, 1.807) is 0 Å². The number of esters is 1. The number of piperidine rings is 1. The highest BCUT2D eigenvalue weighted by Gasteiger charge is 2.51. The van der Waals surface area contributed by atoms with Crippen molar-refractivity contribution < 1.29 is 23.5 Å². The Kier molecular flexibility index (Phi) is 6.37. The highest BCUT2D eigenvalue weighted by molar-refractivity contribution is 5.85. The zero-order chi connectivity index (χ0) is 25.8. The minimum atomic E-state index is -0.417. The molecule has 3 heterocycles. The van der Waals surface area contributed by atoms with Gasteiger partial charge in [-0.05, 0) is 82.3 Å². The number of halogens is 1. The number of hydrogen-bond acceptors (Lipinski definition) is 7. The highest BCUT2D eigenvalue weighted by atomic mass is 19.1. The smallest absolute Gasteiger partial charge is 0.311 e. The number of hydrogen-bond donors (Lipinski definition) is 0. The lowest BCUT2D eigenvalue weighted by Gasteiger charge is -2.46. The molecule has 37 heavy (non-hydrogen) atoms. The molecular formula is C29H40FN3O4. The van der Waals surface area contributed by atoms with Gasteiger partial charge in [-0.3, -0.25) is 9.69 Å². The molecule has 0 bridgehead atoms. The molecule has 2 saturated carbocycles. The van der Waals surface area contributed by atoms with Gasteiger partial charge in [0.25, 0.3) is 0 Å². The van der Waals surface area contributed by atoms with Crippen LogP contribution in [-0.4, -0.2) is 66.6 Å². The Hall–Kier alpha value is -2.35. The minimum Gasteiger partial charge on any atom is -0.490 e. The minimum absolute atomic E-state index is 0.0942. The molecule has 6 rings (SSSR count). The molecule has 7 nitrogen and oxygen atoms in total. The lowest BCUT2D eigenvalue weighted by Crippen LogP contribution is -2.61. The maximum absolute atomic E-state index is 15.7.